The minimum absolute atomic E-state index is 0.162. The lowest BCUT2D eigenvalue weighted by molar-refractivity contribution is 0.0455. The first-order chi connectivity index (χ1) is 17.6. The van der Waals surface area contributed by atoms with E-state index in [0.717, 1.165) is 17.9 Å². The lowest BCUT2D eigenvalue weighted by atomic mass is 9.97. The Morgan fingerprint density at radius 2 is 1.78 bits per heavy atom. The summed E-state index contributed by atoms with van der Waals surface area (Å²) in [6, 6.07) is 11.4. The van der Waals surface area contributed by atoms with Crippen LogP contribution in [0.1, 0.15) is 41.6 Å². The Morgan fingerprint density at radius 1 is 1.06 bits per heavy atom. The molecule has 1 aromatic carbocycles. The minimum atomic E-state index is -0.467. The second-order valence-corrected chi connectivity index (χ2v) is 9.86. The Morgan fingerprint density at radius 3 is 2.47 bits per heavy atom. The zero-order valence-electron chi connectivity index (χ0n) is 19.9. The molecular weight excluding hydrogens is 459 g/mol. The van der Waals surface area contributed by atoms with Gasteiger partial charge in [-0.15, -0.1) is 0 Å². The van der Waals surface area contributed by atoms with Crippen molar-refractivity contribution in [3.63, 3.8) is 0 Å². The van der Waals surface area contributed by atoms with Gasteiger partial charge in [-0.2, -0.15) is 9.61 Å². The highest BCUT2D eigenvalue weighted by Gasteiger charge is 2.35. The molecule has 0 spiro atoms. The van der Waals surface area contributed by atoms with Crippen LogP contribution in [0.3, 0.4) is 0 Å². The van der Waals surface area contributed by atoms with Crippen molar-refractivity contribution in [2.24, 2.45) is 11.8 Å². The van der Waals surface area contributed by atoms with E-state index in [4.69, 9.17) is 0 Å². The number of nitrogens with one attached hydrogen (secondary N) is 1. The zero-order valence-corrected chi connectivity index (χ0v) is 19.9. The van der Waals surface area contributed by atoms with Gasteiger partial charge < -0.3 is 9.88 Å². The highest BCUT2D eigenvalue weighted by atomic mass is 19.1. The second kappa shape index (κ2) is 9.29. The number of benzene rings is 1. The van der Waals surface area contributed by atoms with Crippen molar-refractivity contribution in [3.05, 3.63) is 70.3 Å². The Kier molecular flexibility index (Phi) is 5.83. The number of aromatic nitrogens is 5. The monoisotopic (exact) mass is 486 g/mol. The largest absolute Gasteiger partial charge is 0.339 e. The zero-order chi connectivity index (χ0) is 24.6. The molecule has 2 fully saturated rings. The van der Waals surface area contributed by atoms with Gasteiger partial charge in [0.1, 0.15) is 11.3 Å². The number of hydrogen-bond donors (Lipinski definition) is 1. The van der Waals surface area contributed by atoms with Gasteiger partial charge >= 0.3 is 0 Å². The van der Waals surface area contributed by atoms with E-state index < -0.39 is 6.67 Å². The molecule has 4 heterocycles. The molecular formula is C27H27FN6O2. The number of alkyl halides is 1. The van der Waals surface area contributed by atoms with Crippen LogP contribution >= 0.6 is 0 Å². The highest BCUT2D eigenvalue weighted by molar-refractivity contribution is 6.05. The number of H-pyrrole nitrogens is 1. The van der Waals surface area contributed by atoms with Crippen LogP contribution in [0.2, 0.25) is 0 Å². The van der Waals surface area contributed by atoms with Crippen molar-refractivity contribution in [2.75, 3.05) is 19.8 Å². The Hall–Kier alpha value is -3.88. The summed E-state index contributed by atoms with van der Waals surface area (Å²) in [7, 11) is 0. The summed E-state index contributed by atoms with van der Waals surface area (Å²) in [5.74, 6) is 0.517. The summed E-state index contributed by atoms with van der Waals surface area (Å²) >= 11 is 0. The third kappa shape index (κ3) is 4.08. The van der Waals surface area contributed by atoms with Crippen LogP contribution < -0.4 is 5.56 Å². The van der Waals surface area contributed by atoms with Gasteiger partial charge in [0.15, 0.2) is 11.5 Å². The molecule has 1 saturated carbocycles. The molecule has 36 heavy (non-hydrogen) atoms. The maximum Gasteiger partial charge on any atom is 0.274 e. The standard InChI is InChI=1S/C27H27FN6O2/c28-14-19-15-33(16-19)27(36)23-24(25-29-10-3-11-30-25)32-34-22(35)13-21(31-26(23)34)20-8-6-18(7-9-20)12-17-4-1-2-5-17/h3,6-11,13,17,19,31H,1-2,4-5,12,14-16H2. The van der Waals surface area contributed by atoms with Gasteiger partial charge in [-0.25, -0.2) is 9.97 Å². The first kappa shape index (κ1) is 22.6. The molecule has 0 atom stereocenters. The van der Waals surface area contributed by atoms with E-state index in [1.54, 1.807) is 23.4 Å². The molecule has 1 aliphatic carbocycles. The van der Waals surface area contributed by atoms with Crippen LogP contribution in [0.25, 0.3) is 28.4 Å². The summed E-state index contributed by atoms with van der Waals surface area (Å²) < 4.78 is 14.2. The molecule has 4 aromatic rings. The number of likely N-dealkylation sites (tertiary alicyclic amines) is 1. The van der Waals surface area contributed by atoms with Crippen LogP contribution in [-0.4, -0.2) is 55.1 Å². The molecule has 0 unspecified atom stereocenters. The third-order valence-electron chi connectivity index (χ3n) is 7.33. The summed E-state index contributed by atoms with van der Waals surface area (Å²) in [5.41, 5.74) is 3.09. The number of carbonyl (C=O) groups excluding carboxylic acids is 1. The predicted molar refractivity (Wildman–Crippen MR) is 133 cm³/mol. The van der Waals surface area contributed by atoms with E-state index in [1.165, 1.54) is 41.8 Å². The van der Waals surface area contributed by atoms with Crippen molar-refractivity contribution in [1.29, 1.82) is 0 Å². The first-order valence-electron chi connectivity index (χ1n) is 12.5. The van der Waals surface area contributed by atoms with E-state index in [-0.39, 0.29) is 40.1 Å². The van der Waals surface area contributed by atoms with Crippen molar-refractivity contribution in [3.8, 4) is 22.8 Å². The number of amides is 1. The van der Waals surface area contributed by atoms with Crippen molar-refractivity contribution < 1.29 is 9.18 Å². The van der Waals surface area contributed by atoms with Crippen molar-refractivity contribution >= 4 is 11.6 Å². The molecule has 1 aliphatic heterocycles. The fourth-order valence-corrected chi connectivity index (χ4v) is 5.34. The third-order valence-corrected chi connectivity index (χ3v) is 7.33. The average Bonchev–Trinajstić information content (AvgIpc) is 3.52. The topological polar surface area (TPSA) is 96.2 Å². The Bertz CT molecular complexity index is 1450. The van der Waals surface area contributed by atoms with E-state index in [0.29, 0.717) is 18.8 Å². The van der Waals surface area contributed by atoms with Crippen LogP contribution in [-0.2, 0) is 6.42 Å². The lowest BCUT2D eigenvalue weighted by Gasteiger charge is -2.37. The molecule has 3 aromatic heterocycles. The van der Waals surface area contributed by atoms with Gasteiger partial charge in [-0.3, -0.25) is 14.0 Å². The molecule has 9 heteroatoms. The Balaban J connectivity index is 1.41. The van der Waals surface area contributed by atoms with Crippen LogP contribution in [0.15, 0.2) is 53.6 Å². The van der Waals surface area contributed by atoms with E-state index in [1.807, 2.05) is 12.1 Å². The number of halogens is 1. The summed E-state index contributed by atoms with van der Waals surface area (Å²) in [5, 5.41) is 4.42. The SMILES string of the molecule is O=C(c1c(-c2ncccn2)nn2c(=O)cc(-c3ccc(CC4CCCC4)cc3)[nH]c12)N1CC(CF)C1. The maximum absolute atomic E-state index is 13.5. The fourth-order valence-electron chi connectivity index (χ4n) is 5.34. The minimum Gasteiger partial charge on any atom is -0.339 e. The van der Waals surface area contributed by atoms with Crippen LogP contribution in [0, 0.1) is 11.8 Å². The van der Waals surface area contributed by atoms with Gasteiger partial charge in [0, 0.05) is 37.5 Å². The maximum atomic E-state index is 13.5. The molecule has 1 N–H and O–H groups in total. The number of aromatic amines is 1. The fraction of sp³-hybridized carbons (Fsp3) is 0.370. The molecule has 6 rings (SSSR count). The lowest BCUT2D eigenvalue weighted by Crippen LogP contribution is -2.50. The molecule has 1 saturated heterocycles. The summed E-state index contributed by atoms with van der Waals surface area (Å²) in [6.45, 7) is 0.188. The molecule has 1 amide bonds. The van der Waals surface area contributed by atoms with Crippen LogP contribution in [0.4, 0.5) is 4.39 Å². The van der Waals surface area contributed by atoms with Crippen molar-refractivity contribution in [2.45, 2.75) is 32.1 Å². The molecule has 2 aliphatic rings. The van der Waals surface area contributed by atoms with Gasteiger partial charge in [0.25, 0.3) is 11.5 Å². The molecule has 184 valence electrons. The van der Waals surface area contributed by atoms with Crippen molar-refractivity contribution in [1.82, 2.24) is 29.5 Å². The van der Waals surface area contributed by atoms with E-state index in [9.17, 15) is 14.0 Å². The summed E-state index contributed by atoms with van der Waals surface area (Å²) in [4.78, 5) is 39.9. The summed E-state index contributed by atoms with van der Waals surface area (Å²) in [6.07, 6.45) is 9.41. The smallest absolute Gasteiger partial charge is 0.274 e. The quantitative estimate of drug-likeness (QED) is 0.446. The average molecular weight is 487 g/mol. The number of fused-ring (bicyclic) bond motifs is 1. The molecule has 8 nitrogen and oxygen atoms in total. The van der Waals surface area contributed by atoms with Gasteiger partial charge in [0.2, 0.25) is 0 Å². The predicted octanol–water partition coefficient (Wildman–Crippen LogP) is 3.92. The second-order valence-electron chi connectivity index (χ2n) is 9.86. The molecule has 0 radical (unpaired) electrons. The Labute approximate surface area is 207 Å². The van der Waals surface area contributed by atoms with Gasteiger partial charge in [-0.05, 0) is 29.5 Å². The molecule has 0 bridgehead atoms. The van der Waals surface area contributed by atoms with E-state index in [2.05, 4.69) is 32.2 Å². The normalized spacial score (nSPS) is 16.5. The highest BCUT2D eigenvalue weighted by Crippen LogP contribution is 2.30. The number of carbonyl (C=O) groups is 1. The van der Waals surface area contributed by atoms with Gasteiger partial charge in [0.05, 0.1) is 12.4 Å². The number of rotatable bonds is 6. The van der Waals surface area contributed by atoms with Crippen LogP contribution in [0.5, 0.6) is 0 Å². The number of nitrogens with zero attached hydrogens (tertiary/aromatic N) is 5. The van der Waals surface area contributed by atoms with E-state index >= 15 is 0 Å². The van der Waals surface area contributed by atoms with Gasteiger partial charge in [-0.1, -0.05) is 49.9 Å². The number of hydrogen-bond acceptors (Lipinski definition) is 5. The first-order valence-corrected chi connectivity index (χ1v) is 12.5.